The van der Waals surface area contributed by atoms with E-state index in [1.807, 2.05) is 17.0 Å². The number of pyridine rings is 1. The van der Waals surface area contributed by atoms with Crippen molar-refractivity contribution in [3.63, 3.8) is 0 Å². The molecule has 0 radical (unpaired) electrons. The summed E-state index contributed by atoms with van der Waals surface area (Å²) in [6.45, 7) is 1.41. The fraction of sp³-hybridized carbons (Fsp3) is 0.438. The van der Waals surface area contributed by atoms with Crippen molar-refractivity contribution in [1.29, 1.82) is 0 Å². The maximum Gasteiger partial charge on any atom is 0.303 e. The van der Waals surface area contributed by atoms with Crippen molar-refractivity contribution in [1.82, 2.24) is 9.88 Å². The topological polar surface area (TPSA) is 70.5 Å². The van der Waals surface area contributed by atoms with Crippen LogP contribution in [0.25, 0.3) is 6.08 Å². The van der Waals surface area contributed by atoms with E-state index >= 15 is 0 Å². The Bertz CT molecular complexity index is 514. The predicted molar refractivity (Wildman–Crippen MR) is 79.4 cm³/mol. The van der Waals surface area contributed by atoms with Gasteiger partial charge in [-0.25, -0.2) is 0 Å². The second-order valence-electron chi connectivity index (χ2n) is 5.34. The average Bonchev–Trinajstić information content (AvgIpc) is 2.52. The summed E-state index contributed by atoms with van der Waals surface area (Å²) in [6.07, 6.45) is 9.49. The monoisotopic (exact) mass is 288 g/mol. The summed E-state index contributed by atoms with van der Waals surface area (Å²) in [7, 11) is 0. The zero-order valence-corrected chi connectivity index (χ0v) is 11.9. The van der Waals surface area contributed by atoms with E-state index in [9.17, 15) is 9.59 Å². The van der Waals surface area contributed by atoms with Gasteiger partial charge in [0.2, 0.25) is 5.91 Å². The lowest BCUT2D eigenvalue weighted by Gasteiger charge is -2.32. The summed E-state index contributed by atoms with van der Waals surface area (Å²) in [4.78, 5) is 28.6. The Labute approximate surface area is 124 Å². The van der Waals surface area contributed by atoms with E-state index in [-0.39, 0.29) is 12.3 Å². The number of rotatable bonds is 5. The van der Waals surface area contributed by atoms with Crippen molar-refractivity contribution in [2.75, 3.05) is 13.1 Å². The Morgan fingerprint density at radius 3 is 3.05 bits per heavy atom. The number of aromatic nitrogens is 1. The van der Waals surface area contributed by atoms with Gasteiger partial charge in [0.15, 0.2) is 0 Å². The van der Waals surface area contributed by atoms with Crippen LogP contribution in [-0.4, -0.2) is 40.0 Å². The molecule has 5 nitrogen and oxygen atoms in total. The van der Waals surface area contributed by atoms with Gasteiger partial charge in [0.1, 0.15) is 0 Å². The van der Waals surface area contributed by atoms with Crippen LogP contribution in [0.5, 0.6) is 0 Å². The number of carbonyl (C=O) groups excluding carboxylic acids is 1. The molecule has 1 amide bonds. The lowest BCUT2D eigenvalue weighted by atomic mass is 9.93. The lowest BCUT2D eigenvalue weighted by molar-refractivity contribution is -0.137. The third-order valence-electron chi connectivity index (χ3n) is 3.70. The van der Waals surface area contributed by atoms with E-state index in [1.54, 1.807) is 24.5 Å². The number of piperidine rings is 1. The van der Waals surface area contributed by atoms with Crippen molar-refractivity contribution in [3.05, 3.63) is 36.2 Å². The fourth-order valence-corrected chi connectivity index (χ4v) is 2.58. The lowest BCUT2D eigenvalue weighted by Crippen LogP contribution is -2.39. The predicted octanol–water partition coefficient (Wildman–Crippen LogP) is 2.20. The van der Waals surface area contributed by atoms with Crippen molar-refractivity contribution in [3.8, 4) is 0 Å². The summed E-state index contributed by atoms with van der Waals surface area (Å²) in [5.41, 5.74) is 0.894. The van der Waals surface area contributed by atoms with Crippen LogP contribution in [0.4, 0.5) is 0 Å². The molecule has 1 aromatic rings. The van der Waals surface area contributed by atoms with E-state index in [2.05, 4.69) is 4.98 Å². The van der Waals surface area contributed by atoms with Crippen LogP contribution < -0.4 is 0 Å². The van der Waals surface area contributed by atoms with E-state index in [4.69, 9.17) is 5.11 Å². The van der Waals surface area contributed by atoms with E-state index in [0.717, 1.165) is 24.9 Å². The van der Waals surface area contributed by atoms with Crippen molar-refractivity contribution < 1.29 is 14.7 Å². The van der Waals surface area contributed by atoms with Crippen molar-refractivity contribution in [2.24, 2.45) is 5.92 Å². The third kappa shape index (κ3) is 5.02. The Balaban J connectivity index is 1.87. The smallest absolute Gasteiger partial charge is 0.303 e. The standard InChI is InChI=1S/C16H20N2O3/c19-15(7-5-13-3-1-9-17-11-13)18-10-2-4-14(12-18)6-8-16(20)21/h1,3,5,7,9,11,14H,2,4,6,8,10,12H2,(H,20,21)/b7-5+/t14-/m0/s1. The number of carboxylic acids is 1. The van der Waals surface area contributed by atoms with Gasteiger partial charge in [-0.05, 0) is 42.9 Å². The highest BCUT2D eigenvalue weighted by atomic mass is 16.4. The number of carboxylic acid groups (broad SMARTS) is 1. The molecule has 1 aliphatic heterocycles. The normalized spacial score (nSPS) is 18.9. The fourth-order valence-electron chi connectivity index (χ4n) is 2.58. The van der Waals surface area contributed by atoms with Crippen molar-refractivity contribution in [2.45, 2.75) is 25.7 Å². The highest BCUT2D eigenvalue weighted by Gasteiger charge is 2.22. The summed E-state index contributed by atoms with van der Waals surface area (Å²) in [6, 6.07) is 3.72. The van der Waals surface area contributed by atoms with Crippen LogP contribution in [-0.2, 0) is 9.59 Å². The van der Waals surface area contributed by atoms with Gasteiger partial charge in [-0.2, -0.15) is 0 Å². The number of likely N-dealkylation sites (tertiary alicyclic amines) is 1. The Morgan fingerprint density at radius 1 is 1.48 bits per heavy atom. The van der Waals surface area contributed by atoms with Gasteiger partial charge in [-0.1, -0.05) is 6.07 Å². The zero-order valence-electron chi connectivity index (χ0n) is 11.9. The molecule has 0 bridgehead atoms. The summed E-state index contributed by atoms with van der Waals surface area (Å²) in [5.74, 6) is -0.487. The largest absolute Gasteiger partial charge is 0.481 e. The van der Waals surface area contributed by atoms with Gasteiger partial charge in [0.05, 0.1) is 0 Å². The molecule has 2 rings (SSSR count). The number of hydrogen-bond acceptors (Lipinski definition) is 3. The number of aliphatic carboxylic acids is 1. The molecule has 1 fully saturated rings. The van der Waals surface area contributed by atoms with Crippen LogP contribution in [0.2, 0.25) is 0 Å². The van der Waals surface area contributed by atoms with Crippen LogP contribution >= 0.6 is 0 Å². The molecule has 0 spiro atoms. The molecule has 112 valence electrons. The average molecular weight is 288 g/mol. The Hall–Kier alpha value is -2.17. The number of nitrogens with zero attached hydrogens (tertiary/aromatic N) is 2. The molecular formula is C16H20N2O3. The van der Waals surface area contributed by atoms with Crippen LogP contribution in [0.15, 0.2) is 30.6 Å². The second kappa shape index (κ2) is 7.57. The van der Waals surface area contributed by atoms with Gasteiger partial charge >= 0.3 is 5.97 Å². The molecule has 0 aliphatic carbocycles. The van der Waals surface area contributed by atoms with Crippen LogP contribution in [0, 0.1) is 5.92 Å². The first-order valence-electron chi connectivity index (χ1n) is 7.24. The molecule has 5 heteroatoms. The van der Waals surface area contributed by atoms with Gasteiger partial charge in [-0.15, -0.1) is 0 Å². The first-order chi connectivity index (χ1) is 10.1. The molecule has 1 N–H and O–H groups in total. The van der Waals surface area contributed by atoms with Gasteiger partial charge in [-0.3, -0.25) is 14.6 Å². The minimum atomic E-state index is -0.769. The molecule has 1 aromatic heterocycles. The quantitative estimate of drug-likeness (QED) is 0.843. The third-order valence-corrected chi connectivity index (χ3v) is 3.70. The first kappa shape index (κ1) is 15.2. The minimum absolute atomic E-state index is 0.0149. The summed E-state index contributed by atoms with van der Waals surface area (Å²) in [5, 5.41) is 8.73. The molecule has 0 unspecified atom stereocenters. The van der Waals surface area contributed by atoms with Gasteiger partial charge in [0, 0.05) is 38.0 Å². The maximum absolute atomic E-state index is 12.2. The van der Waals surface area contributed by atoms with E-state index in [0.29, 0.717) is 18.9 Å². The number of amides is 1. The second-order valence-corrected chi connectivity index (χ2v) is 5.34. The van der Waals surface area contributed by atoms with Crippen molar-refractivity contribution >= 4 is 18.0 Å². The van der Waals surface area contributed by atoms with E-state index in [1.165, 1.54) is 0 Å². The first-order valence-corrected chi connectivity index (χ1v) is 7.24. The Kier molecular flexibility index (Phi) is 5.49. The summed E-state index contributed by atoms with van der Waals surface area (Å²) >= 11 is 0. The highest BCUT2D eigenvalue weighted by Crippen LogP contribution is 2.21. The Morgan fingerprint density at radius 2 is 2.33 bits per heavy atom. The number of carbonyl (C=O) groups is 2. The molecule has 0 aromatic carbocycles. The molecule has 21 heavy (non-hydrogen) atoms. The maximum atomic E-state index is 12.2. The number of hydrogen-bond donors (Lipinski definition) is 1. The molecule has 1 atom stereocenters. The molecule has 0 saturated carbocycles. The molecular weight excluding hydrogens is 268 g/mol. The van der Waals surface area contributed by atoms with Gasteiger partial charge in [0.25, 0.3) is 0 Å². The zero-order chi connectivity index (χ0) is 15.1. The van der Waals surface area contributed by atoms with Crippen LogP contribution in [0.3, 0.4) is 0 Å². The molecule has 1 aliphatic rings. The van der Waals surface area contributed by atoms with Crippen LogP contribution in [0.1, 0.15) is 31.2 Å². The molecule has 1 saturated heterocycles. The van der Waals surface area contributed by atoms with E-state index < -0.39 is 5.97 Å². The highest BCUT2D eigenvalue weighted by molar-refractivity contribution is 5.91. The summed E-state index contributed by atoms with van der Waals surface area (Å²) < 4.78 is 0. The van der Waals surface area contributed by atoms with Gasteiger partial charge < -0.3 is 10.0 Å². The minimum Gasteiger partial charge on any atom is -0.481 e. The molecule has 2 heterocycles. The SMILES string of the molecule is O=C(O)CC[C@@H]1CCCN(C(=O)/C=C/c2cccnc2)C1.